The Labute approximate surface area is 201 Å². The maximum absolute atomic E-state index is 6.04. The summed E-state index contributed by atoms with van der Waals surface area (Å²) in [4.78, 5) is 0. The fraction of sp³-hybridized carbons (Fsp3) is 0.200. The molecule has 0 bridgehead atoms. The molecule has 8 N–H and O–H groups in total. The molecule has 0 saturated heterocycles. The first kappa shape index (κ1) is 21.9. The molecule has 34 heavy (non-hydrogen) atoms. The Hall–Kier alpha value is -3.92. The Bertz CT molecular complexity index is 1050. The van der Waals surface area contributed by atoms with Gasteiger partial charge in [-0.3, -0.25) is 0 Å². The predicted octanol–water partition coefficient (Wildman–Crippen LogP) is 5.86. The third kappa shape index (κ3) is 3.75. The summed E-state index contributed by atoms with van der Waals surface area (Å²) >= 11 is 0. The zero-order chi connectivity index (χ0) is 23.8. The Morgan fingerprint density at radius 1 is 0.324 bits per heavy atom. The average Bonchev–Trinajstić information content (AvgIpc) is 2.86. The summed E-state index contributed by atoms with van der Waals surface area (Å²) in [5.41, 5.74) is 32.3. The van der Waals surface area contributed by atoms with Crippen molar-refractivity contribution in [3.63, 3.8) is 0 Å². The molecule has 4 nitrogen and oxygen atoms in total. The summed E-state index contributed by atoms with van der Waals surface area (Å²) in [6.45, 7) is 0. The van der Waals surface area contributed by atoms with Gasteiger partial charge in [-0.2, -0.15) is 0 Å². The zero-order valence-corrected chi connectivity index (χ0v) is 19.4. The lowest BCUT2D eigenvalue weighted by Crippen LogP contribution is -2.41. The van der Waals surface area contributed by atoms with Gasteiger partial charge in [0.2, 0.25) is 0 Å². The van der Waals surface area contributed by atoms with Gasteiger partial charge in [-0.05, 0) is 96.5 Å². The first-order chi connectivity index (χ1) is 16.4. The van der Waals surface area contributed by atoms with Gasteiger partial charge in [0, 0.05) is 33.6 Å². The quantitative estimate of drug-likeness (QED) is 0.293. The fourth-order valence-corrected chi connectivity index (χ4v) is 5.80. The van der Waals surface area contributed by atoms with Gasteiger partial charge in [-0.25, -0.2) is 0 Å². The van der Waals surface area contributed by atoms with Crippen LogP contribution in [0.2, 0.25) is 0 Å². The highest BCUT2D eigenvalue weighted by atomic mass is 14.6. The van der Waals surface area contributed by atoms with Gasteiger partial charge in [0.1, 0.15) is 0 Å². The van der Waals surface area contributed by atoms with Gasteiger partial charge in [-0.15, -0.1) is 0 Å². The number of benzene rings is 4. The van der Waals surface area contributed by atoms with Crippen molar-refractivity contribution in [3.05, 3.63) is 119 Å². The lowest BCUT2D eigenvalue weighted by molar-refractivity contribution is 0.257. The molecule has 5 rings (SSSR count). The topological polar surface area (TPSA) is 104 Å². The van der Waals surface area contributed by atoms with E-state index in [1.54, 1.807) is 0 Å². The van der Waals surface area contributed by atoms with E-state index >= 15 is 0 Å². The van der Waals surface area contributed by atoms with Gasteiger partial charge in [0.15, 0.2) is 0 Å². The number of hydrogen-bond donors (Lipinski definition) is 4. The van der Waals surface area contributed by atoms with Crippen molar-refractivity contribution in [2.45, 2.75) is 36.5 Å². The molecule has 0 radical (unpaired) electrons. The molecule has 4 aromatic carbocycles. The van der Waals surface area contributed by atoms with Crippen LogP contribution < -0.4 is 22.9 Å². The molecule has 1 fully saturated rings. The highest BCUT2D eigenvalue weighted by Crippen LogP contribution is 2.54. The maximum Gasteiger partial charge on any atom is 0.0314 e. The number of hydrogen-bond acceptors (Lipinski definition) is 4. The van der Waals surface area contributed by atoms with E-state index < -0.39 is 0 Å². The van der Waals surface area contributed by atoms with Gasteiger partial charge in [0.25, 0.3) is 0 Å². The molecule has 172 valence electrons. The van der Waals surface area contributed by atoms with E-state index in [1.807, 2.05) is 48.5 Å². The van der Waals surface area contributed by atoms with E-state index in [-0.39, 0.29) is 10.8 Å². The van der Waals surface area contributed by atoms with Crippen molar-refractivity contribution in [1.82, 2.24) is 0 Å². The number of anilines is 4. The lowest BCUT2D eigenvalue weighted by atomic mass is 9.55. The van der Waals surface area contributed by atoms with E-state index in [1.165, 1.54) is 22.3 Å². The highest BCUT2D eigenvalue weighted by Gasteiger charge is 2.46. The van der Waals surface area contributed by atoms with Gasteiger partial charge < -0.3 is 22.9 Å². The van der Waals surface area contributed by atoms with Crippen LogP contribution in [0.5, 0.6) is 0 Å². The summed E-state index contributed by atoms with van der Waals surface area (Å²) in [5, 5.41) is 0. The van der Waals surface area contributed by atoms with Crippen molar-refractivity contribution in [3.8, 4) is 0 Å². The molecular weight excluding hydrogens is 416 g/mol. The van der Waals surface area contributed by atoms with Gasteiger partial charge >= 0.3 is 0 Å². The molecule has 0 spiro atoms. The van der Waals surface area contributed by atoms with Crippen LogP contribution in [0.15, 0.2) is 97.1 Å². The zero-order valence-electron chi connectivity index (χ0n) is 19.4. The molecule has 4 heteroatoms. The summed E-state index contributed by atoms with van der Waals surface area (Å²) in [6, 6.07) is 33.6. The molecule has 1 aliphatic rings. The van der Waals surface area contributed by atoms with Crippen LogP contribution in [0.3, 0.4) is 0 Å². The van der Waals surface area contributed by atoms with Crippen LogP contribution in [0.25, 0.3) is 0 Å². The smallest absolute Gasteiger partial charge is 0.0314 e. The van der Waals surface area contributed by atoms with E-state index in [0.29, 0.717) is 0 Å². The van der Waals surface area contributed by atoms with Crippen molar-refractivity contribution in [2.24, 2.45) is 0 Å². The average molecular weight is 449 g/mol. The van der Waals surface area contributed by atoms with Crippen LogP contribution in [0, 0.1) is 0 Å². The number of rotatable bonds is 4. The van der Waals surface area contributed by atoms with Crippen LogP contribution in [0.1, 0.15) is 47.9 Å². The van der Waals surface area contributed by atoms with Crippen molar-refractivity contribution in [2.75, 3.05) is 22.9 Å². The number of nitrogens with two attached hydrogens (primary N) is 4. The molecule has 0 heterocycles. The largest absolute Gasteiger partial charge is 0.399 e. The first-order valence-electron chi connectivity index (χ1n) is 11.9. The molecule has 1 saturated carbocycles. The molecule has 0 atom stereocenters. The summed E-state index contributed by atoms with van der Waals surface area (Å²) in [7, 11) is 0. The van der Waals surface area contributed by atoms with Gasteiger partial charge in [0.05, 0.1) is 0 Å². The summed E-state index contributed by atoms with van der Waals surface area (Å²) in [5.74, 6) is 0. The first-order valence-corrected chi connectivity index (χ1v) is 11.9. The molecular formula is C30H32N4. The van der Waals surface area contributed by atoms with Crippen LogP contribution in [-0.4, -0.2) is 0 Å². The molecule has 0 amide bonds. The van der Waals surface area contributed by atoms with Crippen molar-refractivity contribution in [1.29, 1.82) is 0 Å². The molecule has 1 aliphatic carbocycles. The second-order valence-corrected chi connectivity index (χ2v) is 9.65. The minimum Gasteiger partial charge on any atom is -0.399 e. The van der Waals surface area contributed by atoms with Crippen molar-refractivity contribution < 1.29 is 0 Å². The van der Waals surface area contributed by atoms with E-state index in [0.717, 1.165) is 48.4 Å². The Kier molecular flexibility index (Phi) is 5.45. The predicted molar refractivity (Wildman–Crippen MR) is 143 cm³/mol. The highest BCUT2D eigenvalue weighted by molar-refractivity contribution is 5.53. The van der Waals surface area contributed by atoms with Gasteiger partial charge in [-0.1, -0.05) is 48.5 Å². The fourth-order valence-electron chi connectivity index (χ4n) is 5.80. The third-order valence-corrected chi connectivity index (χ3v) is 7.81. The van der Waals surface area contributed by atoms with E-state index in [2.05, 4.69) is 48.5 Å². The Balaban J connectivity index is 1.61. The van der Waals surface area contributed by atoms with Crippen LogP contribution >= 0.6 is 0 Å². The minimum atomic E-state index is -0.105. The van der Waals surface area contributed by atoms with Crippen LogP contribution in [0.4, 0.5) is 22.7 Å². The summed E-state index contributed by atoms with van der Waals surface area (Å²) in [6.07, 6.45) is 3.98. The maximum atomic E-state index is 6.04. The van der Waals surface area contributed by atoms with Crippen LogP contribution in [-0.2, 0) is 10.8 Å². The normalized spacial score (nSPS) is 16.7. The lowest BCUT2D eigenvalue weighted by Gasteiger charge is -2.48. The molecule has 0 aromatic heterocycles. The molecule has 0 unspecified atom stereocenters. The van der Waals surface area contributed by atoms with Crippen molar-refractivity contribution >= 4 is 22.7 Å². The SMILES string of the molecule is Nc1ccc(C2(c3ccc(N)cc3)CCC(c3ccc(N)cc3)(c3ccc(N)cc3)CC2)cc1. The standard InChI is InChI=1S/C30H32N4/c31-25-9-1-21(2-10-25)29(22-3-11-26(32)12-4-22)17-19-30(20-18-29,23-5-13-27(33)14-6-23)24-7-15-28(34)16-8-24/h1-16H,17-20,31-34H2. The Morgan fingerprint density at radius 3 is 0.676 bits per heavy atom. The molecule has 4 aromatic rings. The second-order valence-electron chi connectivity index (χ2n) is 9.65. The minimum absolute atomic E-state index is 0.105. The third-order valence-electron chi connectivity index (χ3n) is 7.81. The molecule has 0 aliphatic heterocycles. The summed E-state index contributed by atoms with van der Waals surface area (Å²) < 4.78 is 0. The monoisotopic (exact) mass is 448 g/mol. The second kappa shape index (κ2) is 8.45. The Morgan fingerprint density at radius 2 is 0.500 bits per heavy atom. The van der Waals surface area contributed by atoms with E-state index in [9.17, 15) is 0 Å². The van der Waals surface area contributed by atoms with E-state index in [4.69, 9.17) is 22.9 Å². The number of nitrogen functional groups attached to an aromatic ring is 4.